The number of hydrogen-bond donors (Lipinski definition) is 2. The second-order valence-electron chi connectivity index (χ2n) is 7.24. The fourth-order valence-electron chi connectivity index (χ4n) is 3.12. The van der Waals surface area contributed by atoms with Crippen LogP contribution in [0.5, 0.6) is 0 Å². The van der Waals surface area contributed by atoms with Crippen molar-refractivity contribution in [3.05, 3.63) is 58.2 Å². The van der Waals surface area contributed by atoms with Gasteiger partial charge in [0.05, 0.1) is 40.2 Å². The number of carbonyl (C=O) groups excluding carboxylic acids is 1. The Kier molecular flexibility index (Phi) is 6.08. The van der Waals surface area contributed by atoms with Gasteiger partial charge in [0, 0.05) is 5.69 Å². The lowest BCUT2D eigenvalue weighted by atomic mass is 10.0. The van der Waals surface area contributed by atoms with Gasteiger partial charge < -0.3 is 10.4 Å². The predicted molar refractivity (Wildman–Crippen MR) is 105 cm³/mol. The van der Waals surface area contributed by atoms with E-state index in [-0.39, 0.29) is 11.2 Å². The molecule has 0 saturated carbocycles. The number of hydrogen-bond acceptors (Lipinski definition) is 4. The molecule has 0 spiro atoms. The molecule has 0 bridgehead atoms. The maximum atomic E-state index is 13.3. The lowest BCUT2D eigenvalue weighted by Gasteiger charge is -2.23. The molecule has 0 aliphatic carbocycles. The number of benzene rings is 2. The molecule has 0 radical (unpaired) electrons. The van der Waals surface area contributed by atoms with Gasteiger partial charge >= 0.3 is 12.4 Å². The third kappa shape index (κ3) is 4.89. The number of aromatic nitrogens is 2. The number of nitrogens with one attached hydrogen (secondary N) is 1. The highest BCUT2D eigenvalue weighted by molar-refractivity contribution is 6.34. The zero-order valence-corrected chi connectivity index (χ0v) is 17.3. The number of carbonyl (C=O) groups is 1. The van der Waals surface area contributed by atoms with Crippen molar-refractivity contribution in [2.24, 2.45) is 0 Å². The van der Waals surface area contributed by atoms with Crippen molar-refractivity contribution in [2.45, 2.75) is 31.4 Å². The average molecular weight is 491 g/mol. The van der Waals surface area contributed by atoms with Crippen LogP contribution in [0, 0.1) is 11.3 Å². The van der Waals surface area contributed by atoms with E-state index in [1.54, 1.807) is 0 Å². The molecule has 0 saturated heterocycles. The lowest BCUT2D eigenvalue weighted by Crippen LogP contribution is -2.44. The van der Waals surface area contributed by atoms with Gasteiger partial charge in [-0.1, -0.05) is 17.7 Å². The van der Waals surface area contributed by atoms with E-state index in [2.05, 4.69) is 10.4 Å². The smallest absolute Gasteiger partial charge is 0.378 e. The van der Waals surface area contributed by atoms with E-state index in [1.807, 2.05) is 0 Å². The van der Waals surface area contributed by atoms with Gasteiger partial charge in [-0.05, 0) is 37.3 Å². The fourth-order valence-corrected chi connectivity index (χ4v) is 3.41. The first-order valence-electron chi connectivity index (χ1n) is 9.02. The Morgan fingerprint density at radius 3 is 2.36 bits per heavy atom. The molecule has 13 heteroatoms. The number of nitriles is 1. The largest absolute Gasteiger partial charge is 0.417 e. The van der Waals surface area contributed by atoms with E-state index in [1.165, 1.54) is 12.1 Å². The van der Waals surface area contributed by atoms with Crippen molar-refractivity contribution in [3.63, 3.8) is 0 Å². The third-order valence-electron chi connectivity index (χ3n) is 4.69. The van der Waals surface area contributed by atoms with Crippen LogP contribution in [0.4, 0.5) is 32.0 Å². The van der Waals surface area contributed by atoms with E-state index in [4.69, 9.17) is 16.9 Å². The molecule has 1 amide bonds. The molecule has 1 heterocycles. The first kappa shape index (κ1) is 24.3. The van der Waals surface area contributed by atoms with E-state index >= 15 is 0 Å². The molecule has 6 nitrogen and oxygen atoms in total. The molecule has 2 N–H and O–H groups in total. The fraction of sp³-hybridized carbons (Fsp3) is 0.250. The maximum Gasteiger partial charge on any atom is 0.417 e. The molecule has 0 aliphatic rings. The molecule has 2 aromatic carbocycles. The molecule has 0 fully saturated rings. The number of halogens is 7. The number of nitrogens with zero attached hydrogens (tertiary/aromatic N) is 3. The van der Waals surface area contributed by atoms with Crippen LogP contribution in [0.25, 0.3) is 10.9 Å². The van der Waals surface area contributed by atoms with Crippen molar-refractivity contribution in [1.82, 2.24) is 9.78 Å². The van der Waals surface area contributed by atoms with Crippen LogP contribution in [0.15, 0.2) is 36.4 Å². The Morgan fingerprint density at radius 1 is 1.15 bits per heavy atom. The Labute approximate surface area is 187 Å². The Hall–Kier alpha value is -3.30. The van der Waals surface area contributed by atoms with Crippen molar-refractivity contribution in [2.75, 3.05) is 5.32 Å². The quantitative estimate of drug-likeness (QED) is 0.504. The van der Waals surface area contributed by atoms with Gasteiger partial charge in [-0.3, -0.25) is 9.48 Å². The Balaban J connectivity index is 1.91. The molecule has 0 aliphatic heterocycles. The molecule has 3 aromatic rings. The van der Waals surface area contributed by atoms with Gasteiger partial charge in [0.1, 0.15) is 0 Å². The van der Waals surface area contributed by atoms with Crippen molar-refractivity contribution < 1.29 is 36.2 Å². The standard InChI is InChI=1S/C20H13ClF6N4O2/c1-18(33,17(32)29-11-6-5-10(8-28)13(7-11)20(25,26)27)9-31-14-4-2-3-12(19(22,23)24)15(14)16(21)30-31/h2-7,33H,9H2,1H3,(H,29,32)/t18-/m0/s1. The van der Waals surface area contributed by atoms with Gasteiger partial charge in [0.25, 0.3) is 5.91 Å². The Morgan fingerprint density at radius 2 is 1.79 bits per heavy atom. The summed E-state index contributed by atoms with van der Waals surface area (Å²) in [7, 11) is 0. The molecule has 33 heavy (non-hydrogen) atoms. The molecule has 1 atom stereocenters. The van der Waals surface area contributed by atoms with Crippen LogP contribution in [0.3, 0.4) is 0 Å². The SMILES string of the molecule is C[C@](O)(Cn1nc(Cl)c2c(C(F)(F)F)cccc21)C(=O)Nc1ccc(C#N)c(C(F)(F)F)c1. The molecule has 3 rings (SSSR count). The predicted octanol–water partition coefficient (Wildman–Crippen LogP) is 4.99. The normalized spacial score (nSPS) is 14.1. The highest BCUT2D eigenvalue weighted by atomic mass is 35.5. The summed E-state index contributed by atoms with van der Waals surface area (Å²) in [4.78, 5) is 12.6. The number of anilines is 1. The van der Waals surface area contributed by atoms with Gasteiger partial charge in [0.2, 0.25) is 0 Å². The summed E-state index contributed by atoms with van der Waals surface area (Å²) in [5, 5.41) is 24.4. The summed E-state index contributed by atoms with van der Waals surface area (Å²) in [5.41, 5.74) is -5.78. The molecule has 0 unspecified atom stereocenters. The van der Waals surface area contributed by atoms with E-state index in [0.29, 0.717) is 6.07 Å². The van der Waals surface area contributed by atoms with Gasteiger partial charge in [-0.2, -0.15) is 36.7 Å². The molecular formula is C20H13ClF6N4O2. The van der Waals surface area contributed by atoms with Gasteiger partial charge in [0.15, 0.2) is 10.8 Å². The molecule has 174 valence electrons. The average Bonchev–Trinajstić information content (AvgIpc) is 3.01. The monoisotopic (exact) mass is 490 g/mol. The first-order chi connectivity index (χ1) is 15.1. The highest BCUT2D eigenvalue weighted by Crippen LogP contribution is 2.38. The van der Waals surface area contributed by atoms with Gasteiger partial charge in [-0.25, -0.2) is 0 Å². The second-order valence-corrected chi connectivity index (χ2v) is 7.60. The summed E-state index contributed by atoms with van der Waals surface area (Å²) >= 11 is 5.87. The number of rotatable bonds is 4. The first-order valence-corrected chi connectivity index (χ1v) is 9.40. The number of fused-ring (bicyclic) bond motifs is 1. The highest BCUT2D eigenvalue weighted by Gasteiger charge is 2.37. The number of amides is 1. The Bertz CT molecular complexity index is 1270. The summed E-state index contributed by atoms with van der Waals surface area (Å²) < 4.78 is 80.1. The lowest BCUT2D eigenvalue weighted by molar-refractivity contribution is -0.138. The summed E-state index contributed by atoms with van der Waals surface area (Å²) in [6.07, 6.45) is -9.60. The molecular weight excluding hydrogens is 478 g/mol. The van der Waals surface area contributed by atoms with Crippen molar-refractivity contribution in [3.8, 4) is 6.07 Å². The van der Waals surface area contributed by atoms with E-state index in [9.17, 15) is 36.2 Å². The van der Waals surface area contributed by atoms with Crippen LogP contribution in [-0.4, -0.2) is 26.4 Å². The number of alkyl halides is 6. The van der Waals surface area contributed by atoms with Gasteiger partial charge in [-0.15, -0.1) is 0 Å². The zero-order chi connectivity index (χ0) is 24.8. The van der Waals surface area contributed by atoms with Crippen molar-refractivity contribution >= 4 is 34.1 Å². The summed E-state index contributed by atoms with van der Waals surface area (Å²) in [6, 6.07) is 6.98. The minimum atomic E-state index is -4.87. The number of aliphatic hydroxyl groups is 1. The van der Waals surface area contributed by atoms with Crippen molar-refractivity contribution in [1.29, 1.82) is 5.26 Å². The second kappa shape index (κ2) is 8.24. The third-order valence-corrected chi connectivity index (χ3v) is 4.96. The minimum Gasteiger partial charge on any atom is -0.378 e. The van der Waals surface area contributed by atoms with Crippen LogP contribution in [0.2, 0.25) is 5.15 Å². The van der Waals surface area contributed by atoms with Crippen LogP contribution in [0.1, 0.15) is 23.6 Å². The maximum absolute atomic E-state index is 13.3. The van der Waals surface area contributed by atoms with E-state index < -0.39 is 57.6 Å². The summed E-state index contributed by atoms with van der Waals surface area (Å²) in [6.45, 7) is 0.345. The van der Waals surface area contributed by atoms with Crippen LogP contribution < -0.4 is 5.32 Å². The molecule has 1 aromatic heterocycles. The summed E-state index contributed by atoms with van der Waals surface area (Å²) in [5.74, 6) is -1.16. The minimum absolute atomic E-state index is 0.111. The van der Waals surface area contributed by atoms with E-state index in [0.717, 1.165) is 35.9 Å². The topological polar surface area (TPSA) is 90.9 Å². The van der Waals surface area contributed by atoms with Crippen LogP contribution in [-0.2, 0) is 23.7 Å². The zero-order valence-electron chi connectivity index (χ0n) is 16.5. The van der Waals surface area contributed by atoms with Crippen LogP contribution >= 0.6 is 11.6 Å².